The first-order valence-corrected chi connectivity index (χ1v) is 8.21. The standard InChI is InChI=1S/C19H19NO6/c1-4-25-18(22)14-10(2)20-13-9-26-19(23)16(13)15(14)11-7-5-6-8-12(11)17(21)24-3/h5-8,15,20H,4,9H2,1-3H3. The second-order valence-electron chi connectivity index (χ2n) is 5.86. The molecule has 3 rings (SSSR count). The van der Waals surface area contributed by atoms with Crippen molar-refractivity contribution in [1.29, 1.82) is 0 Å². The third kappa shape index (κ3) is 2.85. The summed E-state index contributed by atoms with van der Waals surface area (Å²) in [5.41, 5.74) is 2.52. The van der Waals surface area contributed by atoms with Gasteiger partial charge in [-0.2, -0.15) is 0 Å². The molecule has 0 amide bonds. The van der Waals surface area contributed by atoms with Gasteiger partial charge < -0.3 is 19.5 Å². The molecule has 1 aromatic carbocycles. The van der Waals surface area contributed by atoms with Gasteiger partial charge in [0.2, 0.25) is 0 Å². The summed E-state index contributed by atoms with van der Waals surface area (Å²) in [7, 11) is 1.28. The first-order valence-electron chi connectivity index (χ1n) is 8.21. The minimum absolute atomic E-state index is 0.0957. The predicted molar refractivity (Wildman–Crippen MR) is 91.0 cm³/mol. The van der Waals surface area contributed by atoms with Gasteiger partial charge in [0.05, 0.1) is 42.0 Å². The summed E-state index contributed by atoms with van der Waals surface area (Å²) in [6.07, 6.45) is 0. The lowest BCUT2D eigenvalue weighted by Crippen LogP contribution is -2.31. The Hall–Kier alpha value is -3.09. The van der Waals surface area contributed by atoms with Gasteiger partial charge in [-0.25, -0.2) is 14.4 Å². The second-order valence-corrected chi connectivity index (χ2v) is 5.86. The van der Waals surface area contributed by atoms with Crippen LogP contribution in [0, 0.1) is 0 Å². The van der Waals surface area contributed by atoms with Gasteiger partial charge in [0.15, 0.2) is 0 Å². The average Bonchev–Trinajstić information content (AvgIpc) is 3.00. The first kappa shape index (κ1) is 17.7. The van der Waals surface area contributed by atoms with E-state index in [-0.39, 0.29) is 24.4 Å². The first-order chi connectivity index (χ1) is 12.5. The van der Waals surface area contributed by atoms with Gasteiger partial charge in [0.25, 0.3) is 0 Å². The van der Waals surface area contributed by atoms with Crippen LogP contribution in [0.15, 0.2) is 46.8 Å². The smallest absolute Gasteiger partial charge is 0.338 e. The largest absolute Gasteiger partial charge is 0.465 e. The molecule has 0 spiro atoms. The van der Waals surface area contributed by atoms with Crippen molar-refractivity contribution in [3.63, 3.8) is 0 Å². The normalized spacial score (nSPS) is 18.9. The quantitative estimate of drug-likeness (QED) is 0.649. The van der Waals surface area contributed by atoms with Crippen molar-refractivity contribution in [3.05, 3.63) is 57.9 Å². The number of rotatable bonds is 4. The Morgan fingerprint density at radius 3 is 2.69 bits per heavy atom. The van der Waals surface area contributed by atoms with Crippen LogP contribution in [0.3, 0.4) is 0 Å². The van der Waals surface area contributed by atoms with Crippen molar-refractivity contribution in [2.24, 2.45) is 0 Å². The van der Waals surface area contributed by atoms with Crippen LogP contribution in [-0.2, 0) is 23.8 Å². The summed E-state index contributed by atoms with van der Waals surface area (Å²) in [5.74, 6) is -2.39. The number of ether oxygens (including phenoxy) is 3. The summed E-state index contributed by atoms with van der Waals surface area (Å²) in [6, 6.07) is 6.73. The SMILES string of the molecule is CCOC(=O)C1=C(C)NC2=C(C(=O)OC2)C1c1ccccc1C(=O)OC. The highest BCUT2D eigenvalue weighted by molar-refractivity contribution is 6.02. The molecule has 0 radical (unpaired) electrons. The molecule has 7 heteroatoms. The van der Waals surface area contributed by atoms with E-state index >= 15 is 0 Å². The van der Waals surface area contributed by atoms with Crippen molar-refractivity contribution in [2.75, 3.05) is 20.3 Å². The summed E-state index contributed by atoms with van der Waals surface area (Å²) in [6.45, 7) is 3.72. The molecule has 1 atom stereocenters. The molecule has 7 nitrogen and oxygen atoms in total. The van der Waals surface area contributed by atoms with Crippen LogP contribution in [0.25, 0.3) is 0 Å². The lowest BCUT2D eigenvalue weighted by atomic mass is 9.79. The van der Waals surface area contributed by atoms with Crippen LogP contribution in [0.5, 0.6) is 0 Å². The fourth-order valence-electron chi connectivity index (χ4n) is 3.30. The van der Waals surface area contributed by atoms with E-state index in [1.165, 1.54) is 7.11 Å². The highest BCUT2D eigenvalue weighted by atomic mass is 16.5. The molecule has 0 aromatic heterocycles. The van der Waals surface area contributed by atoms with Crippen LogP contribution in [0.2, 0.25) is 0 Å². The summed E-state index contributed by atoms with van der Waals surface area (Å²) < 4.78 is 15.2. The maximum atomic E-state index is 12.6. The van der Waals surface area contributed by atoms with Crippen LogP contribution < -0.4 is 5.32 Å². The van der Waals surface area contributed by atoms with Crippen LogP contribution in [0.1, 0.15) is 35.7 Å². The van der Waals surface area contributed by atoms with Gasteiger partial charge in [-0.1, -0.05) is 18.2 Å². The number of cyclic esters (lactones) is 1. The van der Waals surface area contributed by atoms with Gasteiger partial charge in [-0.05, 0) is 25.5 Å². The number of carbonyl (C=O) groups is 3. The Bertz CT molecular complexity index is 851. The number of nitrogens with one attached hydrogen (secondary N) is 1. The van der Waals surface area contributed by atoms with Gasteiger partial charge in [0.1, 0.15) is 6.61 Å². The number of benzene rings is 1. The fourth-order valence-corrected chi connectivity index (χ4v) is 3.30. The molecule has 1 aromatic rings. The molecule has 0 saturated heterocycles. The molecular weight excluding hydrogens is 338 g/mol. The zero-order chi connectivity index (χ0) is 18.8. The zero-order valence-corrected chi connectivity index (χ0v) is 14.8. The van der Waals surface area contributed by atoms with Crippen LogP contribution in [-0.4, -0.2) is 38.2 Å². The van der Waals surface area contributed by atoms with E-state index in [1.807, 2.05) is 0 Å². The number of dihydropyridines is 1. The number of esters is 3. The number of allylic oxidation sites excluding steroid dienone is 1. The van der Waals surface area contributed by atoms with Crippen molar-refractivity contribution < 1.29 is 28.6 Å². The Labute approximate surface area is 150 Å². The van der Waals surface area contributed by atoms with Crippen molar-refractivity contribution in [1.82, 2.24) is 5.32 Å². The maximum absolute atomic E-state index is 12.6. The molecule has 1 unspecified atom stereocenters. The third-order valence-electron chi connectivity index (χ3n) is 4.38. The van der Waals surface area contributed by atoms with Gasteiger partial charge in [0, 0.05) is 5.70 Å². The Morgan fingerprint density at radius 2 is 2.00 bits per heavy atom. The molecule has 136 valence electrons. The molecule has 0 bridgehead atoms. The zero-order valence-electron chi connectivity index (χ0n) is 14.8. The molecule has 0 fully saturated rings. The molecule has 0 aliphatic carbocycles. The summed E-state index contributed by atoms with van der Waals surface area (Å²) in [5, 5.41) is 3.06. The van der Waals surface area contributed by atoms with Crippen molar-refractivity contribution in [2.45, 2.75) is 19.8 Å². The molecule has 26 heavy (non-hydrogen) atoms. The Kier molecular flexibility index (Phi) is 4.79. The average molecular weight is 357 g/mol. The molecule has 2 heterocycles. The summed E-state index contributed by atoms with van der Waals surface area (Å²) in [4.78, 5) is 37.2. The molecule has 2 aliphatic heterocycles. The highest BCUT2D eigenvalue weighted by Crippen LogP contribution is 2.42. The van der Waals surface area contributed by atoms with E-state index in [2.05, 4.69) is 5.32 Å². The van der Waals surface area contributed by atoms with E-state index in [0.717, 1.165) is 0 Å². The van der Waals surface area contributed by atoms with E-state index in [4.69, 9.17) is 14.2 Å². The number of methoxy groups -OCH3 is 1. The van der Waals surface area contributed by atoms with Gasteiger partial charge in [-0.3, -0.25) is 0 Å². The minimum atomic E-state index is -0.768. The van der Waals surface area contributed by atoms with E-state index in [0.29, 0.717) is 22.5 Å². The second kappa shape index (κ2) is 7.03. The molecule has 2 aliphatic rings. The van der Waals surface area contributed by atoms with Gasteiger partial charge >= 0.3 is 17.9 Å². The lowest BCUT2D eigenvalue weighted by Gasteiger charge is -2.28. The minimum Gasteiger partial charge on any atom is -0.465 e. The predicted octanol–water partition coefficient (Wildman–Crippen LogP) is 1.81. The summed E-state index contributed by atoms with van der Waals surface area (Å²) >= 11 is 0. The van der Waals surface area contributed by atoms with Crippen LogP contribution >= 0.6 is 0 Å². The Morgan fingerprint density at radius 1 is 1.27 bits per heavy atom. The highest BCUT2D eigenvalue weighted by Gasteiger charge is 2.43. The van der Waals surface area contributed by atoms with Gasteiger partial charge in [-0.15, -0.1) is 0 Å². The monoisotopic (exact) mass is 357 g/mol. The van der Waals surface area contributed by atoms with Crippen molar-refractivity contribution in [3.8, 4) is 0 Å². The number of hydrogen-bond acceptors (Lipinski definition) is 7. The van der Waals surface area contributed by atoms with Crippen LogP contribution in [0.4, 0.5) is 0 Å². The fraction of sp³-hybridized carbons (Fsp3) is 0.316. The Balaban J connectivity index is 2.22. The van der Waals surface area contributed by atoms with E-state index < -0.39 is 23.8 Å². The van der Waals surface area contributed by atoms with E-state index in [9.17, 15) is 14.4 Å². The molecular formula is C19H19NO6. The maximum Gasteiger partial charge on any atom is 0.338 e. The van der Waals surface area contributed by atoms with E-state index in [1.54, 1.807) is 38.1 Å². The lowest BCUT2D eigenvalue weighted by molar-refractivity contribution is -0.138. The third-order valence-corrected chi connectivity index (χ3v) is 4.38. The molecule has 1 N–H and O–H groups in total. The topological polar surface area (TPSA) is 90.9 Å². The van der Waals surface area contributed by atoms with Crippen molar-refractivity contribution >= 4 is 17.9 Å². The number of carbonyl (C=O) groups excluding carboxylic acids is 3. The number of hydrogen-bond donors (Lipinski definition) is 1. The molecule has 0 saturated carbocycles.